The Hall–Kier alpha value is -2.35. The third kappa shape index (κ3) is 3.34. The lowest BCUT2D eigenvalue weighted by Crippen LogP contribution is -2.36. The van der Waals surface area contributed by atoms with Gasteiger partial charge in [0.05, 0.1) is 29.2 Å². The minimum absolute atomic E-state index is 0.270. The van der Waals surface area contributed by atoms with Crippen LogP contribution in [0.15, 0.2) is 23.1 Å². The second-order valence-corrected chi connectivity index (χ2v) is 8.36. The first kappa shape index (κ1) is 19.4. The molecule has 0 atom stereocenters. The summed E-state index contributed by atoms with van der Waals surface area (Å²) in [7, 11) is -3.74. The molecule has 27 heavy (non-hydrogen) atoms. The topological polar surface area (TPSA) is 81.5 Å². The Morgan fingerprint density at radius 1 is 1.26 bits per heavy atom. The fourth-order valence-electron chi connectivity index (χ4n) is 3.63. The van der Waals surface area contributed by atoms with E-state index in [9.17, 15) is 13.2 Å². The van der Waals surface area contributed by atoms with Crippen molar-refractivity contribution in [2.45, 2.75) is 52.0 Å². The Morgan fingerprint density at radius 3 is 2.63 bits per heavy atom. The third-order valence-corrected chi connectivity index (χ3v) is 6.90. The van der Waals surface area contributed by atoms with Crippen LogP contribution in [0.2, 0.25) is 0 Å². The highest BCUT2D eigenvalue weighted by Gasteiger charge is 2.34. The van der Waals surface area contributed by atoms with Crippen LogP contribution in [0, 0.1) is 13.8 Å². The lowest BCUT2D eigenvalue weighted by molar-refractivity contribution is 0.0526. The van der Waals surface area contributed by atoms with Gasteiger partial charge < -0.3 is 4.74 Å². The van der Waals surface area contributed by atoms with Crippen molar-refractivity contribution in [3.8, 4) is 0 Å². The van der Waals surface area contributed by atoms with Crippen LogP contribution < -0.4 is 4.31 Å². The van der Waals surface area contributed by atoms with Crippen LogP contribution in [0.25, 0.3) is 0 Å². The Morgan fingerprint density at radius 2 is 2.00 bits per heavy atom. The molecule has 146 valence electrons. The summed E-state index contributed by atoms with van der Waals surface area (Å²) < 4.78 is 35.0. The van der Waals surface area contributed by atoms with Gasteiger partial charge in [-0.2, -0.15) is 5.10 Å². The molecule has 0 N–H and O–H groups in total. The summed E-state index contributed by atoms with van der Waals surface area (Å²) in [6.07, 6.45) is 1.42. The number of aromatic nitrogens is 2. The predicted molar refractivity (Wildman–Crippen MR) is 103 cm³/mol. The molecule has 2 aromatic rings. The summed E-state index contributed by atoms with van der Waals surface area (Å²) in [5, 5.41) is 4.35. The Labute approximate surface area is 160 Å². The number of aryl methyl sites for hydroxylation is 3. The fourth-order valence-corrected chi connectivity index (χ4v) is 5.55. The van der Waals surface area contributed by atoms with E-state index in [-0.39, 0.29) is 4.90 Å². The van der Waals surface area contributed by atoms with Crippen LogP contribution in [0.4, 0.5) is 5.69 Å². The molecule has 0 radical (unpaired) electrons. The van der Waals surface area contributed by atoms with Crippen molar-refractivity contribution in [2.24, 2.45) is 0 Å². The average molecular weight is 391 g/mol. The maximum Gasteiger partial charge on any atom is 0.338 e. The van der Waals surface area contributed by atoms with Gasteiger partial charge in [0.15, 0.2) is 0 Å². The minimum Gasteiger partial charge on any atom is -0.462 e. The average Bonchev–Trinajstić information content (AvgIpc) is 2.94. The fraction of sp³-hybridized carbons (Fsp3) is 0.474. The molecular weight excluding hydrogens is 366 g/mol. The first-order chi connectivity index (χ1) is 12.8. The second-order valence-electron chi connectivity index (χ2n) is 6.56. The minimum atomic E-state index is -3.74. The maximum absolute atomic E-state index is 13.4. The van der Waals surface area contributed by atoms with Crippen molar-refractivity contribution in [1.82, 2.24) is 9.78 Å². The van der Waals surface area contributed by atoms with Crippen molar-refractivity contribution >= 4 is 21.7 Å². The molecule has 0 aliphatic carbocycles. The van der Waals surface area contributed by atoms with E-state index in [4.69, 9.17) is 4.74 Å². The van der Waals surface area contributed by atoms with Gasteiger partial charge >= 0.3 is 5.97 Å². The molecule has 0 saturated carbocycles. The quantitative estimate of drug-likeness (QED) is 0.732. The van der Waals surface area contributed by atoms with Gasteiger partial charge in [-0.1, -0.05) is 0 Å². The lowest BCUT2D eigenvalue weighted by atomic mass is 10.0. The highest BCUT2D eigenvalue weighted by Crippen LogP contribution is 2.34. The zero-order valence-electron chi connectivity index (χ0n) is 16.2. The number of ether oxygens (including phenoxy) is 1. The van der Waals surface area contributed by atoms with E-state index < -0.39 is 16.0 Å². The van der Waals surface area contributed by atoms with E-state index in [0.717, 1.165) is 12.0 Å². The normalized spacial score (nSPS) is 14.1. The summed E-state index contributed by atoms with van der Waals surface area (Å²) in [6, 6.07) is 5.07. The summed E-state index contributed by atoms with van der Waals surface area (Å²) in [5.41, 5.74) is 3.06. The molecule has 3 rings (SSSR count). The highest BCUT2D eigenvalue weighted by molar-refractivity contribution is 7.93. The first-order valence-electron chi connectivity index (χ1n) is 9.18. The van der Waals surface area contributed by atoms with Gasteiger partial charge in [0, 0.05) is 13.1 Å². The molecule has 0 fully saturated rings. The predicted octanol–water partition coefficient (Wildman–Crippen LogP) is 2.84. The molecule has 0 unspecified atom stereocenters. The van der Waals surface area contributed by atoms with Crippen LogP contribution in [0.5, 0.6) is 0 Å². The number of anilines is 1. The van der Waals surface area contributed by atoms with Gasteiger partial charge in [0.2, 0.25) is 0 Å². The number of hydrogen-bond donors (Lipinski definition) is 0. The van der Waals surface area contributed by atoms with E-state index >= 15 is 0 Å². The van der Waals surface area contributed by atoms with Gasteiger partial charge in [-0.25, -0.2) is 13.2 Å². The monoisotopic (exact) mass is 391 g/mol. The lowest BCUT2D eigenvalue weighted by Gasteiger charge is -2.30. The molecule has 1 aromatic carbocycles. The van der Waals surface area contributed by atoms with Crippen molar-refractivity contribution in [3.63, 3.8) is 0 Å². The number of fused-ring (bicyclic) bond motifs is 1. The summed E-state index contributed by atoms with van der Waals surface area (Å²) >= 11 is 0. The number of benzene rings is 1. The molecular formula is C19H25N3O4S. The maximum atomic E-state index is 13.4. The molecule has 0 spiro atoms. The number of nitrogens with zero attached hydrogens (tertiary/aromatic N) is 3. The molecule has 0 bridgehead atoms. The molecule has 0 amide bonds. The van der Waals surface area contributed by atoms with Gasteiger partial charge in [-0.05, 0) is 64.3 Å². The van der Waals surface area contributed by atoms with E-state index in [1.165, 1.54) is 4.31 Å². The van der Waals surface area contributed by atoms with Crippen molar-refractivity contribution in [2.75, 3.05) is 17.5 Å². The summed E-state index contributed by atoms with van der Waals surface area (Å²) in [5.74, 6) is -0.392. The van der Waals surface area contributed by atoms with Gasteiger partial charge in [-0.15, -0.1) is 0 Å². The van der Waals surface area contributed by atoms with Crippen LogP contribution in [-0.4, -0.2) is 37.3 Å². The third-order valence-electron chi connectivity index (χ3n) is 4.83. The molecule has 0 saturated heterocycles. The van der Waals surface area contributed by atoms with Crippen LogP contribution in [-0.2, 0) is 27.7 Å². The molecule has 8 heteroatoms. The number of sulfonamides is 1. The molecule has 1 aliphatic heterocycles. The summed E-state index contributed by atoms with van der Waals surface area (Å²) in [6.45, 7) is 8.52. The van der Waals surface area contributed by atoms with Crippen LogP contribution in [0.1, 0.15) is 47.6 Å². The highest BCUT2D eigenvalue weighted by atomic mass is 32.2. The Bertz CT molecular complexity index is 979. The standard InChI is InChI=1S/C19H25N3O4S/c1-5-21-14(4)18(13(3)20-21)27(24,25)22-11-7-8-15-12-16(9-10-17(15)22)19(23)26-6-2/h9-10,12H,5-8,11H2,1-4H3. The van der Waals surface area contributed by atoms with Gasteiger partial charge in [-0.3, -0.25) is 8.99 Å². The molecule has 1 aliphatic rings. The van der Waals surface area contributed by atoms with E-state index in [2.05, 4.69) is 5.10 Å². The number of esters is 1. The molecule has 7 nitrogen and oxygen atoms in total. The van der Waals surface area contributed by atoms with E-state index in [1.54, 1.807) is 43.7 Å². The summed E-state index contributed by atoms with van der Waals surface area (Å²) in [4.78, 5) is 12.3. The molecule has 2 heterocycles. The zero-order chi connectivity index (χ0) is 19.8. The van der Waals surface area contributed by atoms with Gasteiger partial charge in [0.25, 0.3) is 10.0 Å². The van der Waals surface area contributed by atoms with Crippen LogP contribution >= 0.6 is 0 Å². The van der Waals surface area contributed by atoms with E-state index in [1.807, 2.05) is 6.92 Å². The number of carbonyl (C=O) groups is 1. The van der Waals surface area contributed by atoms with Crippen molar-refractivity contribution in [3.05, 3.63) is 40.7 Å². The number of rotatable bonds is 5. The van der Waals surface area contributed by atoms with Crippen LogP contribution in [0.3, 0.4) is 0 Å². The largest absolute Gasteiger partial charge is 0.462 e. The van der Waals surface area contributed by atoms with Gasteiger partial charge in [0.1, 0.15) is 4.90 Å². The van der Waals surface area contributed by atoms with E-state index in [0.29, 0.717) is 48.8 Å². The number of hydrogen-bond acceptors (Lipinski definition) is 5. The smallest absolute Gasteiger partial charge is 0.338 e. The zero-order valence-corrected chi connectivity index (χ0v) is 17.0. The Balaban J connectivity index is 2.05. The Kier molecular flexibility index (Phi) is 5.28. The first-order valence-corrected chi connectivity index (χ1v) is 10.6. The second kappa shape index (κ2) is 7.34. The number of carbonyl (C=O) groups excluding carboxylic acids is 1. The molecule has 1 aromatic heterocycles. The SMILES string of the molecule is CCOC(=O)c1ccc2c(c1)CCCN2S(=O)(=O)c1c(C)nn(CC)c1C. The van der Waals surface area contributed by atoms with Crippen molar-refractivity contribution in [1.29, 1.82) is 0 Å². The van der Waals surface area contributed by atoms with Crippen molar-refractivity contribution < 1.29 is 17.9 Å².